The van der Waals surface area contributed by atoms with Gasteiger partial charge in [0.05, 0.1) is 18.0 Å². The van der Waals surface area contributed by atoms with Crippen molar-refractivity contribution < 1.29 is 4.74 Å². The molecule has 7 heteroatoms. The van der Waals surface area contributed by atoms with Crippen molar-refractivity contribution >= 4 is 32.9 Å². The second-order valence-corrected chi connectivity index (χ2v) is 9.48. The summed E-state index contributed by atoms with van der Waals surface area (Å²) in [4.78, 5) is 25.2. The van der Waals surface area contributed by atoms with Crippen LogP contribution in [0.15, 0.2) is 58.0 Å². The lowest BCUT2D eigenvalue weighted by molar-refractivity contribution is 0.0674. The van der Waals surface area contributed by atoms with Gasteiger partial charge < -0.3 is 9.72 Å². The zero-order valence-corrected chi connectivity index (χ0v) is 18.2. The lowest BCUT2D eigenvalue weighted by atomic mass is 10.1. The number of benzene rings is 1. The van der Waals surface area contributed by atoms with Crippen molar-refractivity contribution in [3.8, 4) is 11.1 Å². The third-order valence-electron chi connectivity index (χ3n) is 5.40. The maximum Gasteiger partial charge on any atom is 0.260 e. The topological polar surface area (TPSA) is 58.2 Å². The molecule has 5 nitrogen and oxygen atoms in total. The van der Waals surface area contributed by atoms with Crippen molar-refractivity contribution in [1.82, 2.24) is 14.9 Å². The highest BCUT2D eigenvalue weighted by Gasteiger charge is 2.21. The van der Waals surface area contributed by atoms with Gasteiger partial charge in [0.25, 0.3) is 5.56 Å². The Kier molecular flexibility index (Phi) is 5.77. The van der Waals surface area contributed by atoms with E-state index in [2.05, 4.69) is 27.4 Å². The fourth-order valence-corrected chi connectivity index (χ4v) is 5.71. The number of hydrogen-bond acceptors (Lipinski definition) is 6. The van der Waals surface area contributed by atoms with Crippen LogP contribution in [0.4, 0.5) is 0 Å². The van der Waals surface area contributed by atoms with E-state index in [1.54, 1.807) is 11.3 Å². The average molecular weight is 438 g/mol. The maximum atomic E-state index is 13.0. The van der Waals surface area contributed by atoms with Crippen LogP contribution in [0, 0.1) is 0 Å². The molecule has 1 aliphatic rings. The molecule has 0 spiro atoms. The Morgan fingerprint density at radius 2 is 2.03 bits per heavy atom. The summed E-state index contributed by atoms with van der Waals surface area (Å²) in [6.45, 7) is 3.12. The highest BCUT2D eigenvalue weighted by atomic mass is 32.1. The molecule has 30 heavy (non-hydrogen) atoms. The fraction of sp³-hybridized carbons (Fsp3) is 0.304. The van der Waals surface area contributed by atoms with Crippen LogP contribution in [0.2, 0.25) is 0 Å². The van der Waals surface area contributed by atoms with Crippen LogP contribution in [0.25, 0.3) is 21.3 Å². The molecule has 4 aromatic rings. The van der Waals surface area contributed by atoms with Gasteiger partial charge in [0.15, 0.2) is 0 Å². The minimum Gasteiger partial charge on any atom is -0.377 e. The van der Waals surface area contributed by atoms with Crippen LogP contribution in [0.3, 0.4) is 0 Å². The van der Waals surface area contributed by atoms with E-state index in [0.717, 1.165) is 48.5 Å². The normalized spacial score (nSPS) is 16.6. The number of fused-ring (bicyclic) bond motifs is 1. The van der Waals surface area contributed by atoms with Gasteiger partial charge in [-0.1, -0.05) is 36.4 Å². The van der Waals surface area contributed by atoms with Gasteiger partial charge in [-0.3, -0.25) is 9.69 Å². The van der Waals surface area contributed by atoms with E-state index < -0.39 is 0 Å². The van der Waals surface area contributed by atoms with Crippen LogP contribution >= 0.6 is 22.7 Å². The number of rotatable bonds is 7. The minimum absolute atomic E-state index is 0.0664. The zero-order chi connectivity index (χ0) is 20.3. The van der Waals surface area contributed by atoms with Crippen molar-refractivity contribution in [1.29, 1.82) is 0 Å². The van der Waals surface area contributed by atoms with Gasteiger partial charge >= 0.3 is 0 Å². The maximum absolute atomic E-state index is 13.0. The number of ether oxygens (including phenoxy) is 1. The predicted octanol–water partition coefficient (Wildman–Crippen LogP) is 4.89. The minimum atomic E-state index is -0.0664. The van der Waals surface area contributed by atoms with Crippen LogP contribution in [0.5, 0.6) is 0 Å². The van der Waals surface area contributed by atoms with Gasteiger partial charge in [-0.15, -0.1) is 22.7 Å². The first-order valence-corrected chi connectivity index (χ1v) is 11.9. The molecule has 0 bridgehead atoms. The van der Waals surface area contributed by atoms with Crippen molar-refractivity contribution in [3.63, 3.8) is 0 Å². The molecule has 1 fully saturated rings. The smallest absolute Gasteiger partial charge is 0.260 e. The highest BCUT2D eigenvalue weighted by molar-refractivity contribution is 7.17. The third kappa shape index (κ3) is 4.25. The van der Waals surface area contributed by atoms with Crippen LogP contribution in [0.1, 0.15) is 23.5 Å². The predicted molar refractivity (Wildman–Crippen MR) is 123 cm³/mol. The van der Waals surface area contributed by atoms with Crippen molar-refractivity contribution in [2.75, 3.05) is 13.2 Å². The second-order valence-electron chi connectivity index (χ2n) is 7.59. The molecule has 1 saturated heterocycles. The van der Waals surface area contributed by atoms with Crippen LogP contribution < -0.4 is 5.56 Å². The molecular weight excluding hydrogens is 414 g/mol. The summed E-state index contributed by atoms with van der Waals surface area (Å²) in [6.07, 6.45) is 2.47. The Labute approximate surface area is 183 Å². The Hall–Kier alpha value is -2.32. The van der Waals surface area contributed by atoms with Gasteiger partial charge in [0, 0.05) is 35.5 Å². The largest absolute Gasteiger partial charge is 0.377 e. The van der Waals surface area contributed by atoms with Gasteiger partial charge in [-0.2, -0.15) is 0 Å². The number of nitrogens with zero attached hydrogens (tertiary/aromatic N) is 2. The molecule has 1 atom stereocenters. The van der Waals surface area contributed by atoms with E-state index in [1.165, 1.54) is 16.2 Å². The summed E-state index contributed by atoms with van der Waals surface area (Å²) in [7, 11) is 0. The molecule has 4 heterocycles. The van der Waals surface area contributed by atoms with E-state index in [0.29, 0.717) is 17.8 Å². The standard InChI is InChI=1S/C23H23N3O2S2/c27-22-21-19(16-6-2-1-3-7-16)15-30-23(21)25-20(24-22)14-26(12-17-8-4-10-28-17)13-18-9-5-11-29-18/h1-3,5-7,9,11,15,17H,4,8,10,12-14H2,(H,24,25,27)/t17-/m1/s1. The van der Waals surface area contributed by atoms with Crippen molar-refractivity contribution in [2.24, 2.45) is 0 Å². The average Bonchev–Trinajstić information content (AvgIpc) is 3.50. The summed E-state index contributed by atoms with van der Waals surface area (Å²) < 4.78 is 5.86. The molecular formula is C23H23N3O2S2. The number of hydrogen-bond donors (Lipinski definition) is 1. The van der Waals surface area contributed by atoms with E-state index in [-0.39, 0.29) is 11.7 Å². The zero-order valence-electron chi connectivity index (χ0n) is 16.5. The first-order valence-electron chi connectivity index (χ1n) is 10.2. The summed E-state index contributed by atoms with van der Waals surface area (Å²) in [5.74, 6) is 0.712. The molecule has 154 valence electrons. The lowest BCUT2D eigenvalue weighted by Gasteiger charge is -2.24. The molecule has 1 N–H and O–H groups in total. The molecule has 0 unspecified atom stereocenters. The Bertz CT molecular complexity index is 1160. The summed E-state index contributed by atoms with van der Waals surface area (Å²) in [5, 5.41) is 4.81. The van der Waals surface area contributed by atoms with Crippen LogP contribution in [-0.2, 0) is 17.8 Å². The molecule has 5 rings (SSSR count). The first-order chi connectivity index (χ1) is 14.8. The molecule has 0 radical (unpaired) electrons. The number of aromatic nitrogens is 2. The Balaban J connectivity index is 1.43. The SMILES string of the molecule is O=c1[nH]c(CN(Cc2cccs2)C[C@H]2CCCO2)nc2scc(-c3ccccc3)c12. The molecule has 1 aliphatic heterocycles. The van der Waals surface area contributed by atoms with E-state index in [9.17, 15) is 4.79 Å². The van der Waals surface area contributed by atoms with Crippen molar-refractivity contribution in [3.05, 3.63) is 74.3 Å². The molecule has 0 saturated carbocycles. The number of thiophene rings is 2. The number of nitrogens with one attached hydrogen (secondary N) is 1. The van der Waals surface area contributed by atoms with E-state index >= 15 is 0 Å². The van der Waals surface area contributed by atoms with Crippen LogP contribution in [-0.4, -0.2) is 34.1 Å². The summed E-state index contributed by atoms with van der Waals surface area (Å²) in [6, 6.07) is 14.2. The van der Waals surface area contributed by atoms with E-state index in [1.807, 2.05) is 35.7 Å². The second kappa shape index (κ2) is 8.81. The monoisotopic (exact) mass is 437 g/mol. The van der Waals surface area contributed by atoms with Gasteiger partial charge in [-0.05, 0) is 29.9 Å². The number of aromatic amines is 1. The molecule has 1 aromatic carbocycles. The summed E-state index contributed by atoms with van der Waals surface area (Å²) in [5.41, 5.74) is 1.93. The van der Waals surface area contributed by atoms with E-state index in [4.69, 9.17) is 9.72 Å². The summed E-state index contributed by atoms with van der Waals surface area (Å²) >= 11 is 3.28. The molecule has 3 aromatic heterocycles. The van der Waals surface area contributed by atoms with Crippen molar-refractivity contribution in [2.45, 2.75) is 32.0 Å². The quantitative estimate of drug-likeness (QED) is 0.447. The van der Waals surface area contributed by atoms with Gasteiger partial charge in [0.1, 0.15) is 10.7 Å². The molecule has 0 amide bonds. The number of H-pyrrole nitrogens is 1. The van der Waals surface area contributed by atoms with Gasteiger partial charge in [0.2, 0.25) is 0 Å². The lowest BCUT2D eigenvalue weighted by Crippen LogP contribution is -2.32. The Morgan fingerprint density at radius 1 is 1.13 bits per heavy atom. The van der Waals surface area contributed by atoms with Gasteiger partial charge in [-0.25, -0.2) is 4.98 Å². The molecule has 0 aliphatic carbocycles. The highest BCUT2D eigenvalue weighted by Crippen LogP contribution is 2.30. The Morgan fingerprint density at radius 3 is 2.80 bits per heavy atom. The third-order valence-corrected chi connectivity index (χ3v) is 7.13. The first kappa shape index (κ1) is 19.6. The fourth-order valence-electron chi connectivity index (χ4n) is 3.99.